The summed E-state index contributed by atoms with van der Waals surface area (Å²) in [7, 11) is 1.93. The Morgan fingerprint density at radius 2 is 1.77 bits per heavy atom. The second-order valence-electron chi connectivity index (χ2n) is 8.00. The smallest absolute Gasteiger partial charge is 0.132 e. The lowest BCUT2D eigenvalue weighted by Crippen LogP contribution is -2.24. The fourth-order valence-corrected chi connectivity index (χ4v) is 4.08. The number of aryl methyl sites for hydroxylation is 1. The molecule has 1 saturated heterocycles. The van der Waals surface area contributed by atoms with Gasteiger partial charge >= 0.3 is 0 Å². The molecule has 1 fully saturated rings. The normalized spacial score (nSPS) is 17.0. The Morgan fingerprint density at radius 1 is 0.933 bits per heavy atom. The number of amidine groups is 1. The Kier molecular flexibility index (Phi) is 5.19. The molecule has 3 aromatic rings. The van der Waals surface area contributed by atoms with E-state index in [4.69, 9.17) is 4.99 Å². The third-order valence-corrected chi connectivity index (χ3v) is 5.81. The number of nitrogens with one attached hydrogen (secondary N) is 1. The number of benzene rings is 1. The third-order valence-electron chi connectivity index (χ3n) is 5.81. The Labute approximate surface area is 176 Å². The molecular weight excluding hydrogens is 374 g/mol. The van der Waals surface area contributed by atoms with E-state index in [9.17, 15) is 0 Å². The summed E-state index contributed by atoms with van der Waals surface area (Å²) in [6.07, 6.45) is 12.7. The van der Waals surface area contributed by atoms with Crippen LogP contribution >= 0.6 is 0 Å². The molecule has 2 aliphatic rings. The number of rotatable bonds is 6. The van der Waals surface area contributed by atoms with Crippen molar-refractivity contribution in [3.8, 4) is 11.1 Å². The molecule has 0 bridgehead atoms. The fourth-order valence-electron chi connectivity index (χ4n) is 4.08. The van der Waals surface area contributed by atoms with Gasteiger partial charge in [0.2, 0.25) is 0 Å². The molecule has 0 aliphatic carbocycles. The molecule has 1 aromatic carbocycles. The Hall–Kier alpha value is -3.19. The number of likely N-dealkylation sites (tertiary alicyclic amines) is 1. The van der Waals surface area contributed by atoms with Gasteiger partial charge in [0.05, 0.1) is 25.5 Å². The Morgan fingerprint density at radius 3 is 2.53 bits per heavy atom. The fraction of sp³-hybridized carbons (Fsp3) is 0.348. The van der Waals surface area contributed by atoms with Crippen LogP contribution in [0.25, 0.3) is 16.7 Å². The summed E-state index contributed by atoms with van der Waals surface area (Å²) in [5.41, 5.74) is 5.62. The number of hydrogen-bond donors (Lipinski definition) is 1. The first kappa shape index (κ1) is 18.8. The van der Waals surface area contributed by atoms with Crippen LogP contribution in [-0.2, 0) is 13.6 Å². The summed E-state index contributed by atoms with van der Waals surface area (Å²) in [5, 5.41) is 12.2. The second-order valence-corrected chi connectivity index (χ2v) is 8.00. The molecule has 0 radical (unpaired) electrons. The molecule has 4 heterocycles. The van der Waals surface area contributed by atoms with Gasteiger partial charge in [-0.25, -0.2) is 0 Å². The first-order chi connectivity index (χ1) is 14.7. The van der Waals surface area contributed by atoms with Gasteiger partial charge in [-0.2, -0.15) is 10.2 Å². The summed E-state index contributed by atoms with van der Waals surface area (Å²) >= 11 is 0. The van der Waals surface area contributed by atoms with Gasteiger partial charge in [0, 0.05) is 48.9 Å². The van der Waals surface area contributed by atoms with Gasteiger partial charge in [-0.15, -0.1) is 0 Å². The van der Waals surface area contributed by atoms with E-state index in [0.717, 1.165) is 46.8 Å². The second kappa shape index (κ2) is 8.28. The van der Waals surface area contributed by atoms with E-state index < -0.39 is 0 Å². The van der Waals surface area contributed by atoms with Crippen molar-refractivity contribution in [1.29, 1.82) is 0 Å². The summed E-state index contributed by atoms with van der Waals surface area (Å²) in [5.74, 6) is 0.894. The highest BCUT2D eigenvalue weighted by molar-refractivity contribution is 6.02. The molecule has 154 valence electrons. The first-order valence-electron chi connectivity index (χ1n) is 10.6. The van der Waals surface area contributed by atoms with E-state index in [1.165, 1.54) is 25.9 Å². The van der Waals surface area contributed by atoms with Crippen LogP contribution in [-0.4, -0.2) is 56.5 Å². The van der Waals surface area contributed by atoms with Crippen molar-refractivity contribution >= 4 is 11.4 Å². The van der Waals surface area contributed by atoms with Gasteiger partial charge in [-0.3, -0.25) is 14.4 Å². The van der Waals surface area contributed by atoms with Crippen LogP contribution in [0.1, 0.15) is 24.0 Å². The molecule has 0 saturated carbocycles. The predicted octanol–water partition coefficient (Wildman–Crippen LogP) is 2.77. The zero-order valence-electron chi connectivity index (χ0n) is 17.3. The van der Waals surface area contributed by atoms with Crippen molar-refractivity contribution in [3.05, 3.63) is 66.4 Å². The highest BCUT2D eigenvalue weighted by Gasteiger charge is 2.14. The van der Waals surface area contributed by atoms with E-state index in [1.807, 2.05) is 35.0 Å². The summed E-state index contributed by atoms with van der Waals surface area (Å²) in [6.45, 7) is 5.12. The van der Waals surface area contributed by atoms with Crippen molar-refractivity contribution in [2.45, 2.75) is 19.4 Å². The van der Waals surface area contributed by atoms with Crippen LogP contribution in [0.2, 0.25) is 0 Å². The summed E-state index contributed by atoms with van der Waals surface area (Å²) in [4.78, 5) is 7.30. The zero-order valence-corrected chi connectivity index (χ0v) is 17.3. The van der Waals surface area contributed by atoms with E-state index in [0.29, 0.717) is 6.54 Å². The largest absolute Gasteiger partial charge is 0.346 e. The molecular formula is C23H27N7. The molecule has 2 aromatic heterocycles. The Balaban J connectivity index is 1.23. The van der Waals surface area contributed by atoms with E-state index in [2.05, 4.69) is 57.1 Å². The molecule has 7 nitrogen and oxygen atoms in total. The minimum absolute atomic E-state index is 0.650. The highest BCUT2D eigenvalue weighted by atomic mass is 15.3. The lowest BCUT2D eigenvalue weighted by Gasteiger charge is -2.15. The van der Waals surface area contributed by atoms with E-state index in [1.54, 1.807) is 0 Å². The summed E-state index contributed by atoms with van der Waals surface area (Å²) in [6, 6.07) is 8.40. The standard InChI is InChI=1S/C23H27N7/c1-28-16-21(14-26-28)18-5-4-6-19(11-18)23-24-12-20(13-25-23)22-15-27-30(17-22)10-9-29-7-2-3-8-29/h4-6,11-12,14-17H,2-3,7-10,13H2,1H3,(H,24,25). The zero-order chi connectivity index (χ0) is 20.3. The minimum Gasteiger partial charge on any atom is -0.346 e. The minimum atomic E-state index is 0.650. The molecule has 0 spiro atoms. The lowest BCUT2D eigenvalue weighted by molar-refractivity contribution is 0.316. The van der Waals surface area contributed by atoms with E-state index in [-0.39, 0.29) is 0 Å². The van der Waals surface area contributed by atoms with Gasteiger partial charge in [0.25, 0.3) is 0 Å². The molecule has 2 aliphatic heterocycles. The van der Waals surface area contributed by atoms with Crippen LogP contribution in [0.5, 0.6) is 0 Å². The van der Waals surface area contributed by atoms with Crippen LogP contribution in [0.15, 0.2) is 60.2 Å². The highest BCUT2D eigenvalue weighted by Crippen LogP contribution is 2.21. The van der Waals surface area contributed by atoms with Gasteiger partial charge in [-0.05, 0) is 43.1 Å². The summed E-state index contributed by atoms with van der Waals surface area (Å²) < 4.78 is 3.86. The van der Waals surface area contributed by atoms with Crippen LogP contribution in [0.3, 0.4) is 0 Å². The lowest BCUT2D eigenvalue weighted by atomic mass is 10.0. The van der Waals surface area contributed by atoms with Crippen LogP contribution in [0, 0.1) is 0 Å². The van der Waals surface area contributed by atoms with Crippen LogP contribution < -0.4 is 5.32 Å². The van der Waals surface area contributed by atoms with Crippen molar-refractivity contribution < 1.29 is 0 Å². The van der Waals surface area contributed by atoms with Crippen molar-refractivity contribution in [2.75, 3.05) is 26.2 Å². The Bertz CT molecular complexity index is 1080. The molecule has 0 unspecified atom stereocenters. The molecule has 1 N–H and O–H groups in total. The maximum Gasteiger partial charge on any atom is 0.132 e. The van der Waals surface area contributed by atoms with Gasteiger partial charge in [0.15, 0.2) is 0 Å². The van der Waals surface area contributed by atoms with Crippen molar-refractivity contribution in [2.24, 2.45) is 12.0 Å². The van der Waals surface area contributed by atoms with E-state index >= 15 is 0 Å². The number of hydrogen-bond acceptors (Lipinski definition) is 5. The van der Waals surface area contributed by atoms with Gasteiger partial charge < -0.3 is 10.2 Å². The number of aromatic nitrogens is 4. The predicted molar refractivity (Wildman–Crippen MR) is 119 cm³/mol. The molecule has 0 atom stereocenters. The molecule has 5 rings (SSSR count). The van der Waals surface area contributed by atoms with Crippen LogP contribution in [0.4, 0.5) is 0 Å². The van der Waals surface area contributed by atoms with Gasteiger partial charge in [0.1, 0.15) is 5.84 Å². The average molecular weight is 402 g/mol. The molecule has 30 heavy (non-hydrogen) atoms. The molecule has 0 amide bonds. The van der Waals surface area contributed by atoms with Crippen molar-refractivity contribution in [1.82, 2.24) is 29.8 Å². The maximum absolute atomic E-state index is 4.79. The number of aliphatic imine (C=N–C) groups is 1. The first-order valence-corrected chi connectivity index (χ1v) is 10.6. The monoisotopic (exact) mass is 401 g/mol. The van der Waals surface area contributed by atoms with Crippen molar-refractivity contribution in [3.63, 3.8) is 0 Å². The third kappa shape index (κ3) is 4.07. The van der Waals surface area contributed by atoms with Gasteiger partial charge in [-0.1, -0.05) is 18.2 Å². The molecule has 7 heteroatoms. The SMILES string of the molecule is Cn1cc(-c2cccc(C3=NCC(c4cnn(CCN5CCCC5)c4)=CN3)c2)cn1. The average Bonchev–Trinajstić information content (AvgIpc) is 3.55. The quantitative estimate of drug-likeness (QED) is 0.690. The number of nitrogens with zero attached hydrogens (tertiary/aromatic N) is 6. The topological polar surface area (TPSA) is 63.3 Å². The maximum atomic E-state index is 4.79.